The third-order valence-corrected chi connectivity index (χ3v) is 9.58. The number of carbonyl (C=O) groups excluding carboxylic acids is 2. The predicted octanol–water partition coefficient (Wildman–Crippen LogP) is 6.69. The molecule has 226 valence electrons. The van der Waals surface area contributed by atoms with Gasteiger partial charge in [-0.1, -0.05) is 87.3 Å². The zero-order valence-corrected chi connectivity index (χ0v) is 26.9. The first-order valence-electron chi connectivity index (χ1n) is 14.4. The summed E-state index contributed by atoms with van der Waals surface area (Å²) in [5.41, 5.74) is 2.99. The summed E-state index contributed by atoms with van der Waals surface area (Å²) in [6.45, 7) is 11.3. The van der Waals surface area contributed by atoms with Crippen LogP contribution in [0, 0.1) is 6.92 Å². The van der Waals surface area contributed by atoms with E-state index >= 15 is 0 Å². The Bertz CT molecular complexity index is 1460. The van der Waals surface area contributed by atoms with Gasteiger partial charge in [0.05, 0.1) is 10.6 Å². The van der Waals surface area contributed by atoms with Crippen LogP contribution < -0.4 is 9.62 Å². The normalized spacial score (nSPS) is 13.0. The molecule has 3 rings (SSSR count). The van der Waals surface area contributed by atoms with Crippen LogP contribution in [-0.4, -0.2) is 43.8 Å². The van der Waals surface area contributed by atoms with E-state index in [0.717, 1.165) is 21.9 Å². The van der Waals surface area contributed by atoms with Gasteiger partial charge in [0.25, 0.3) is 10.0 Å². The van der Waals surface area contributed by atoms with Crippen LogP contribution >= 0.6 is 11.6 Å². The highest BCUT2D eigenvalue weighted by atomic mass is 35.5. The zero-order valence-electron chi connectivity index (χ0n) is 25.3. The molecule has 0 radical (unpaired) electrons. The number of anilines is 1. The van der Waals surface area contributed by atoms with Crippen LogP contribution in [0.3, 0.4) is 0 Å². The molecular weight excluding hydrogens is 570 g/mol. The summed E-state index contributed by atoms with van der Waals surface area (Å²) in [5.74, 6) is -0.547. The Labute approximate surface area is 255 Å². The quantitative estimate of drug-likeness (QED) is 0.233. The summed E-state index contributed by atoms with van der Waals surface area (Å²) in [6.07, 6.45) is 1.07. The lowest BCUT2D eigenvalue weighted by Gasteiger charge is -2.34. The van der Waals surface area contributed by atoms with Gasteiger partial charge in [0.2, 0.25) is 11.8 Å². The van der Waals surface area contributed by atoms with Crippen molar-refractivity contribution in [1.82, 2.24) is 10.2 Å². The van der Waals surface area contributed by atoms with Crippen LogP contribution in [0.15, 0.2) is 77.7 Å². The molecule has 0 saturated carbocycles. The molecule has 42 heavy (non-hydrogen) atoms. The number of rotatable bonds is 13. The first kappa shape index (κ1) is 33.1. The van der Waals surface area contributed by atoms with Crippen molar-refractivity contribution in [3.8, 4) is 0 Å². The molecule has 0 spiro atoms. The minimum Gasteiger partial charge on any atom is -0.352 e. The first-order chi connectivity index (χ1) is 19.9. The maximum atomic E-state index is 14.2. The Kier molecular flexibility index (Phi) is 11.6. The summed E-state index contributed by atoms with van der Waals surface area (Å²) in [5, 5.41) is 3.44. The van der Waals surface area contributed by atoms with Crippen molar-refractivity contribution in [3.63, 3.8) is 0 Å². The number of sulfonamides is 1. The van der Waals surface area contributed by atoms with Gasteiger partial charge in [-0.25, -0.2) is 8.42 Å². The van der Waals surface area contributed by atoms with Crippen LogP contribution in [-0.2, 0) is 26.2 Å². The van der Waals surface area contributed by atoms with Crippen molar-refractivity contribution >= 4 is 39.1 Å². The third kappa shape index (κ3) is 8.13. The molecule has 9 heteroatoms. The summed E-state index contributed by atoms with van der Waals surface area (Å²) in [6, 6.07) is 20.0. The molecule has 0 saturated heterocycles. The molecule has 2 amide bonds. The maximum absolute atomic E-state index is 14.2. The van der Waals surface area contributed by atoms with Crippen molar-refractivity contribution in [2.75, 3.05) is 10.8 Å². The maximum Gasteiger partial charge on any atom is 0.264 e. The van der Waals surface area contributed by atoms with Crippen molar-refractivity contribution in [1.29, 1.82) is 0 Å². The summed E-state index contributed by atoms with van der Waals surface area (Å²) in [7, 11) is -4.13. The molecule has 0 fully saturated rings. The third-order valence-electron chi connectivity index (χ3n) is 7.42. The highest BCUT2D eigenvalue weighted by molar-refractivity contribution is 7.92. The Hall–Kier alpha value is -3.36. The van der Waals surface area contributed by atoms with Crippen molar-refractivity contribution in [2.45, 2.75) is 83.8 Å². The van der Waals surface area contributed by atoms with Crippen LogP contribution in [0.1, 0.15) is 70.1 Å². The number of carbonyl (C=O) groups is 2. The standard InChI is InChI=1S/C33H42ClN3O4S/c1-7-25(6)35-33(39)31(8-2)36(21-27-11-9-10-12-30(27)34)32(38)22-37(28-17-15-26(16-18-28)23(3)4)42(40,41)29-19-13-24(5)14-20-29/h9-20,23,25,31H,7-8,21-22H2,1-6H3,(H,35,39)/t25-,31+/m0/s1. The van der Waals surface area contributed by atoms with Gasteiger partial charge >= 0.3 is 0 Å². The second-order valence-electron chi connectivity index (χ2n) is 10.9. The molecule has 0 aliphatic heterocycles. The summed E-state index contributed by atoms with van der Waals surface area (Å²) in [4.78, 5) is 29.1. The van der Waals surface area contributed by atoms with Crippen molar-refractivity contribution in [2.24, 2.45) is 0 Å². The fourth-order valence-corrected chi connectivity index (χ4v) is 6.17. The van der Waals surface area contributed by atoms with Gasteiger partial charge < -0.3 is 10.2 Å². The van der Waals surface area contributed by atoms with E-state index in [-0.39, 0.29) is 29.3 Å². The van der Waals surface area contributed by atoms with Gasteiger partial charge in [0.15, 0.2) is 0 Å². The molecule has 7 nitrogen and oxygen atoms in total. The van der Waals surface area contributed by atoms with E-state index in [1.807, 2.05) is 45.9 Å². The predicted molar refractivity (Wildman–Crippen MR) is 170 cm³/mol. The Morgan fingerprint density at radius 1 is 0.881 bits per heavy atom. The lowest BCUT2D eigenvalue weighted by molar-refractivity contribution is -0.140. The number of benzene rings is 3. The van der Waals surface area contributed by atoms with E-state index < -0.39 is 28.5 Å². The topological polar surface area (TPSA) is 86.8 Å². The highest BCUT2D eigenvalue weighted by Gasteiger charge is 2.34. The number of aryl methyl sites for hydroxylation is 1. The lowest BCUT2D eigenvalue weighted by atomic mass is 10.0. The van der Waals surface area contributed by atoms with Crippen LogP contribution in [0.2, 0.25) is 5.02 Å². The minimum absolute atomic E-state index is 0.0512. The molecule has 0 aliphatic rings. The van der Waals surface area contributed by atoms with Gasteiger partial charge in [0, 0.05) is 17.6 Å². The second-order valence-corrected chi connectivity index (χ2v) is 13.2. The molecule has 3 aromatic rings. The average molecular weight is 612 g/mol. The lowest BCUT2D eigenvalue weighted by Crippen LogP contribution is -2.53. The van der Waals surface area contributed by atoms with E-state index in [0.29, 0.717) is 22.7 Å². The minimum atomic E-state index is -4.13. The number of hydrogen-bond donors (Lipinski definition) is 1. The Morgan fingerprint density at radius 3 is 2.05 bits per heavy atom. The molecule has 0 bridgehead atoms. The van der Waals surface area contributed by atoms with E-state index in [1.165, 1.54) is 4.90 Å². The number of amides is 2. The molecule has 3 aromatic carbocycles. The van der Waals surface area contributed by atoms with Crippen LogP contribution in [0.4, 0.5) is 5.69 Å². The summed E-state index contributed by atoms with van der Waals surface area (Å²) < 4.78 is 29.2. The number of halogens is 1. The Balaban J connectivity index is 2.08. The first-order valence-corrected chi connectivity index (χ1v) is 16.2. The second kappa shape index (κ2) is 14.7. The molecule has 0 aliphatic carbocycles. The van der Waals surface area contributed by atoms with Crippen molar-refractivity contribution in [3.05, 3.63) is 94.5 Å². The van der Waals surface area contributed by atoms with Gasteiger partial charge in [-0.3, -0.25) is 13.9 Å². The van der Waals surface area contributed by atoms with E-state index in [9.17, 15) is 18.0 Å². The molecule has 0 aromatic heterocycles. The van der Waals surface area contributed by atoms with Crippen LogP contribution in [0.5, 0.6) is 0 Å². The van der Waals surface area contributed by atoms with Crippen LogP contribution in [0.25, 0.3) is 0 Å². The van der Waals surface area contributed by atoms with Gasteiger partial charge in [-0.2, -0.15) is 0 Å². The fraction of sp³-hybridized carbons (Fsp3) is 0.394. The number of hydrogen-bond acceptors (Lipinski definition) is 4. The van der Waals surface area contributed by atoms with Gasteiger partial charge in [-0.05, 0) is 74.1 Å². The van der Waals surface area contributed by atoms with Gasteiger partial charge in [-0.15, -0.1) is 0 Å². The molecule has 2 atom stereocenters. The average Bonchev–Trinajstić information content (AvgIpc) is 2.96. The Morgan fingerprint density at radius 2 is 1.50 bits per heavy atom. The highest BCUT2D eigenvalue weighted by Crippen LogP contribution is 2.27. The van der Waals surface area contributed by atoms with E-state index in [1.54, 1.807) is 54.6 Å². The molecular formula is C33H42ClN3O4S. The largest absolute Gasteiger partial charge is 0.352 e. The molecule has 0 heterocycles. The zero-order chi connectivity index (χ0) is 31.0. The smallest absolute Gasteiger partial charge is 0.264 e. The SMILES string of the molecule is CC[C@H](C(=O)N[C@@H](C)CC)N(Cc1ccccc1Cl)C(=O)CN(c1ccc(C(C)C)cc1)S(=O)(=O)c1ccc(C)cc1. The monoisotopic (exact) mass is 611 g/mol. The summed E-state index contributed by atoms with van der Waals surface area (Å²) >= 11 is 6.47. The number of nitrogens with one attached hydrogen (secondary N) is 1. The van der Waals surface area contributed by atoms with Gasteiger partial charge in [0.1, 0.15) is 12.6 Å². The van der Waals surface area contributed by atoms with E-state index in [2.05, 4.69) is 19.2 Å². The molecule has 0 unspecified atom stereocenters. The van der Waals surface area contributed by atoms with E-state index in [4.69, 9.17) is 11.6 Å². The number of nitrogens with zero attached hydrogens (tertiary/aromatic N) is 2. The fourth-order valence-electron chi connectivity index (χ4n) is 4.56. The molecule has 1 N–H and O–H groups in total. The van der Waals surface area contributed by atoms with Crippen molar-refractivity contribution < 1.29 is 18.0 Å².